The Hall–Kier alpha value is -0.460. The van der Waals surface area contributed by atoms with Gasteiger partial charge in [-0.2, -0.15) is 0 Å². The highest BCUT2D eigenvalue weighted by Crippen LogP contribution is 2.19. The summed E-state index contributed by atoms with van der Waals surface area (Å²) < 4.78 is 10.7. The molecule has 0 aromatic carbocycles. The Kier molecular flexibility index (Phi) is 10.7. The van der Waals surface area contributed by atoms with Crippen molar-refractivity contribution in [2.75, 3.05) is 19.8 Å². The molecule has 0 aliphatic carbocycles. The van der Waals surface area contributed by atoms with Gasteiger partial charge in [0.2, 0.25) is 0 Å². The maximum absolute atomic E-state index is 9.97. The number of ether oxygens (including phenoxy) is 2. The fraction of sp³-hybridized carbons (Fsp3) is 0.882. The van der Waals surface area contributed by atoms with E-state index in [0.717, 1.165) is 25.7 Å². The number of hydrogen-bond donors (Lipinski definition) is 3. The molecule has 4 atom stereocenters. The Bertz CT molecular complexity index is 295. The van der Waals surface area contributed by atoms with Crippen LogP contribution < -0.4 is 0 Å². The summed E-state index contributed by atoms with van der Waals surface area (Å²) in [6, 6.07) is 0. The first-order chi connectivity index (χ1) is 10.7. The normalized spacial score (nSPS) is 29.3. The minimum absolute atomic E-state index is 0.0955. The number of allylic oxidation sites excluding steroid dienone is 2. The molecule has 130 valence electrons. The minimum Gasteiger partial charge on any atom is -0.394 e. The number of aliphatic hydroxyl groups is 3. The fourth-order valence-corrected chi connectivity index (χ4v) is 2.62. The van der Waals surface area contributed by atoms with E-state index >= 15 is 0 Å². The topological polar surface area (TPSA) is 79.2 Å². The standard InChI is InChI=1S/C17H32O5/c1-2-3-4-5-6-7-8-9-10-11-21-17-14(19)13-22-15(12-18)16(17)20/h3-4,14-20H,2,5-13H2,1H3/b4-3+/t14-,15+,16+,17+/m1/s1. The molecule has 0 bridgehead atoms. The molecule has 1 saturated heterocycles. The summed E-state index contributed by atoms with van der Waals surface area (Å²) in [5, 5.41) is 28.8. The maximum atomic E-state index is 9.97. The molecule has 0 saturated carbocycles. The summed E-state index contributed by atoms with van der Waals surface area (Å²) in [5.41, 5.74) is 0. The first kappa shape index (κ1) is 19.6. The third kappa shape index (κ3) is 7.20. The van der Waals surface area contributed by atoms with Gasteiger partial charge in [0.1, 0.15) is 24.4 Å². The molecule has 0 aromatic heterocycles. The molecule has 3 N–H and O–H groups in total. The monoisotopic (exact) mass is 316 g/mol. The SMILES string of the molecule is CC/C=C/CCCCCCCO[C@@H]1[C@@H](O)[C@H](CO)OC[C@H]1O. The van der Waals surface area contributed by atoms with Crippen LogP contribution in [0.5, 0.6) is 0 Å². The van der Waals surface area contributed by atoms with E-state index in [-0.39, 0.29) is 13.2 Å². The first-order valence-electron chi connectivity index (χ1n) is 8.55. The predicted octanol–water partition coefficient (Wildman–Crippen LogP) is 1.79. The van der Waals surface area contributed by atoms with Gasteiger partial charge in [-0.1, -0.05) is 38.3 Å². The van der Waals surface area contributed by atoms with Crippen LogP contribution in [0.25, 0.3) is 0 Å². The van der Waals surface area contributed by atoms with Crippen molar-refractivity contribution in [2.45, 2.75) is 76.3 Å². The molecule has 0 unspecified atom stereocenters. The van der Waals surface area contributed by atoms with Crippen molar-refractivity contribution in [3.05, 3.63) is 12.2 Å². The van der Waals surface area contributed by atoms with E-state index < -0.39 is 24.4 Å². The largest absolute Gasteiger partial charge is 0.394 e. The highest BCUT2D eigenvalue weighted by atomic mass is 16.6. The minimum atomic E-state index is -0.973. The van der Waals surface area contributed by atoms with Crippen molar-refractivity contribution in [3.63, 3.8) is 0 Å². The van der Waals surface area contributed by atoms with Crippen LogP contribution in [0.15, 0.2) is 12.2 Å². The molecule has 22 heavy (non-hydrogen) atoms. The summed E-state index contributed by atoms with van der Waals surface area (Å²) in [6.07, 6.45) is 9.24. The van der Waals surface area contributed by atoms with Crippen LogP contribution in [-0.2, 0) is 9.47 Å². The van der Waals surface area contributed by atoms with Crippen LogP contribution in [0.3, 0.4) is 0 Å². The zero-order valence-electron chi connectivity index (χ0n) is 13.7. The van der Waals surface area contributed by atoms with Gasteiger partial charge in [-0.25, -0.2) is 0 Å². The van der Waals surface area contributed by atoms with Crippen LogP contribution in [0.1, 0.15) is 51.9 Å². The lowest BCUT2D eigenvalue weighted by molar-refractivity contribution is -0.210. The third-order valence-electron chi connectivity index (χ3n) is 3.99. The third-order valence-corrected chi connectivity index (χ3v) is 3.99. The van der Waals surface area contributed by atoms with Gasteiger partial charge in [0.25, 0.3) is 0 Å². The van der Waals surface area contributed by atoms with E-state index in [1.54, 1.807) is 0 Å². The van der Waals surface area contributed by atoms with Gasteiger partial charge in [-0.15, -0.1) is 0 Å². The molecule has 1 aliphatic heterocycles. The van der Waals surface area contributed by atoms with Crippen LogP contribution >= 0.6 is 0 Å². The Morgan fingerprint density at radius 2 is 1.82 bits per heavy atom. The van der Waals surface area contributed by atoms with Gasteiger partial charge in [-0.3, -0.25) is 0 Å². The summed E-state index contributed by atoms with van der Waals surface area (Å²) in [6.45, 7) is 2.50. The summed E-state index contributed by atoms with van der Waals surface area (Å²) in [5.74, 6) is 0. The molecule has 5 heteroatoms. The van der Waals surface area contributed by atoms with E-state index in [0.29, 0.717) is 6.61 Å². The summed E-state index contributed by atoms with van der Waals surface area (Å²) in [4.78, 5) is 0. The van der Waals surface area contributed by atoms with Gasteiger partial charge in [0.15, 0.2) is 0 Å². The second kappa shape index (κ2) is 12.0. The molecule has 0 aromatic rings. The van der Waals surface area contributed by atoms with Gasteiger partial charge < -0.3 is 24.8 Å². The molecule has 5 nitrogen and oxygen atoms in total. The highest BCUT2D eigenvalue weighted by Gasteiger charge is 2.38. The van der Waals surface area contributed by atoms with Crippen molar-refractivity contribution in [1.29, 1.82) is 0 Å². The first-order valence-corrected chi connectivity index (χ1v) is 8.55. The molecule has 0 amide bonds. The van der Waals surface area contributed by atoms with E-state index in [1.807, 2.05) is 0 Å². The lowest BCUT2D eigenvalue weighted by atomic mass is 10.0. The Labute approximate surface area is 133 Å². The Balaban J connectivity index is 2.04. The zero-order valence-corrected chi connectivity index (χ0v) is 13.7. The number of unbranched alkanes of at least 4 members (excludes halogenated alkanes) is 5. The summed E-state index contributed by atoms with van der Waals surface area (Å²) in [7, 11) is 0. The zero-order chi connectivity index (χ0) is 16.2. The second-order valence-electron chi connectivity index (χ2n) is 5.88. The average Bonchev–Trinajstić information content (AvgIpc) is 2.52. The molecule has 0 radical (unpaired) electrons. The van der Waals surface area contributed by atoms with Crippen molar-refractivity contribution in [2.24, 2.45) is 0 Å². The maximum Gasteiger partial charge on any atom is 0.114 e. The van der Waals surface area contributed by atoms with Crippen LogP contribution in [0, 0.1) is 0 Å². The number of rotatable bonds is 11. The van der Waals surface area contributed by atoms with Gasteiger partial charge in [-0.05, 0) is 25.7 Å². The Morgan fingerprint density at radius 3 is 2.55 bits per heavy atom. The second-order valence-corrected chi connectivity index (χ2v) is 5.88. The van der Waals surface area contributed by atoms with Gasteiger partial charge >= 0.3 is 0 Å². The quantitative estimate of drug-likeness (QED) is 0.400. The van der Waals surface area contributed by atoms with Crippen molar-refractivity contribution in [3.8, 4) is 0 Å². The van der Waals surface area contributed by atoms with Crippen LogP contribution in [-0.4, -0.2) is 59.6 Å². The van der Waals surface area contributed by atoms with Crippen LogP contribution in [0.2, 0.25) is 0 Å². The van der Waals surface area contributed by atoms with Gasteiger partial charge in [0, 0.05) is 6.61 Å². The van der Waals surface area contributed by atoms with Crippen molar-refractivity contribution >= 4 is 0 Å². The lowest BCUT2D eigenvalue weighted by Gasteiger charge is -2.37. The van der Waals surface area contributed by atoms with E-state index in [2.05, 4.69) is 19.1 Å². The molecular weight excluding hydrogens is 284 g/mol. The molecular formula is C17H32O5. The molecule has 0 spiro atoms. The molecule has 1 aliphatic rings. The highest BCUT2D eigenvalue weighted by molar-refractivity contribution is 4.87. The number of aliphatic hydroxyl groups excluding tert-OH is 3. The predicted molar refractivity (Wildman–Crippen MR) is 85.7 cm³/mol. The molecule has 1 fully saturated rings. The smallest absolute Gasteiger partial charge is 0.114 e. The average molecular weight is 316 g/mol. The van der Waals surface area contributed by atoms with Crippen molar-refractivity contribution in [1.82, 2.24) is 0 Å². The van der Waals surface area contributed by atoms with Crippen molar-refractivity contribution < 1.29 is 24.8 Å². The van der Waals surface area contributed by atoms with Gasteiger partial charge in [0.05, 0.1) is 13.2 Å². The lowest BCUT2D eigenvalue weighted by Crippen LogP contribution is -2.55. The molecule has 1 heterocycles. The fourth-order valence-electron chi connectivity index (χ4n) is 2.62. The van der Waals surface area contributed by atoms with Crippen LogP contribution in [0.4, 0.5) is 0 Å². The van der Waals surface area contributed by atoms with E-state index in [1.165, 1.54) is 19.3 Å². The summed E-state index contributed by atoms with van der Waals surface area (Å²) >= 11 is 0. The molecule has 1 rings (SSSR count). The Morgan fingerprint density at radius 1 is 1.09 bits per heavy atom. The number of hydrogen-bond acceptors (Lipinski definition) is 5. The van der Waals surface area contributed by atoms with E-state index in [9.17, 15) is 10.2 Å². The van der Waals surface area contributed by atoms with E-state index in [4.69, 9.17) is 14.6 Å².